The zero-order valence-corrected chi connectivity index (χ0v) is 15.9. The Morgan fingerprint density at radius 2 is 1.79 bits per heavy atom. The van der Waals surface area contributed by atoms with E-state index in [1.165, 1.54) is 32.1 Å². The molecule has 0 aromatic carbocycles. The maximum Gasteiger partial charge on any atom is 0.133 e. The minimum absolute atomic E-state index is 0.236. The summed E-state index contributed by atoms with van der Waals surface area (Å²) in [6.07, 6.45) is 9.08. The largest absolute Gasteiger partial charge is 0.300 e. The molecular weight excluding hydrogens is 296 g/mol. The zero-order chi connectivity index (χ0) is 17.3. The van der Waals surface area contributed by atoms with E-state index in [2.05, 4.69) is 20.8 Å². The van der Waals surface area contributed by atoms with Crippen molar-refractivity contribution in [2.75, 3.05) is 0 Å². The molecule has 0 spiro atoms. The fraction of sp³-hybridized carbons (Fsp3) is 0.909. The third kappa shape index (κ3) is 2.13. The summed E-state index contributed by atoms with van der Waals surface area (Å²) in [4.78, 5) is 24.3. The summed E-state index contributed by atoms with van der Waals surface area (Å²) in [5.74, 6) is 4.71. The van der Waals surface area contributed by atoms with Gasteiger partial charge in [0.05, 0.1) is 0 Å². The Bertz CT molecular complexity index is 566. The van der Waals surface area contributed by atoms with Gasteiger partial charge in [-0.05, 0) is 85.9 Å². The van der Waals surface area contributed by atoms with Crippen LogP contribution in [0, 0.1) is 46.3 Å². The molecule has 0 bridgehead atoms. The summed E-state index contributed by atoms with van der Waals surface area (Å²) >= 11 is 0. The highest BCUT2D eigenvalue weighted by Gasteiger charge is 2.62. The molecule has 24 heavy (non-hydrogen) atoms. The lowest BCUT2D eigenvalue weighted by Gasteiger charge is -2.60. The normalized spacial score (nSPS) is 53.9. The molecule has 8 atom stereocenters. The van der Waals surface area contributed by atoms with E-state index in [0.717, 1.165) is 37.0 Å². The Morgan fingerprint density at radius 1 is 1.04 bits per heavy atom. The molecule has 8 unspecified atom stereocenters. The van der Waals surface area contributed by atoms with Gasteiger partial charge in [-0.3, -0.25) is 9.59 Å². The highest BCUT2D eigenvalue weighted by atomic mass is 16.1. The summed E-state index contributed by atoms with van der Waals surface area (Å²) in [5, 5.41) is 0. The molecule has 0 heterocycles. The Labute approximate surface area is 147 Å². The Morgan fingerprint density at radius 3 is 2.50 bits per heavy atom. The fourth-order valence-corrected chi connectivity index (χ4v) is 8.27. The maximum absolute atomic E-state index is 12.4. The first-order chi connectivity index (χ1) is 11.3. The number of fused-ring (bicyclic) bond motifs is 5. The minimum Gasteiger partial charge on any atom is -0.300 e. The fourth-order valence-electron chi connectivity index (χ4n) is 8.27. The van der Waals surface area contributed by atoms with Crippen molar-refractivity contribution < 1.29 is 9.59 Å². The van der Waals surface area contributed by atoms with Crippen LogP contribution in [-0.2, 0) is 9.59 Å². The molecule has 0 saturated heterocycles. The van der Waals surface area contributed by atoms with Crippen LogP contribution in [0.25, 0.3) is 0 Å². The highest BCUT2D eigenvalue weighted by molar-refractivity contribution is 5.80. The molecule has 4 aliphatic rings. The Hall–Kier alpha value is -0.660. The van der Waals surface area contributed by atoms with Gasteiger partial charge in [-0.25, -0.2) is 0 Å². The van der Waals surface area contributed by atoms with Crippen molar-refractivity contribution in [3.05, 3.63) is 0 Å². The van der Waals surface area contributed by atoms with Crippen LogP contribution in [0.3, 0.4) is 0 Å². The standard InChI is InChI=1S/C22H34O2/c1-13-11-19-17-6-5-15-12-16(24)7-9-21(15,3)18(17)8-10-22(19,4)20(13)14(2)23/h13,15,17-20H,5-12H2,1-4H3. The van der Waals surface area contributed by atoms with E-state index in [0.29, 0.717) is 28.8 Å². The van der Waals surface area contributed by atoms with Gasteiger partial charge in [-0.1, -0.05) is 20.8 Å². The van der Waals surface area contributed by atoms with E-state index < -0.39 is 0 Å². The van der Waals surface area contributed by atoms with Gasteiger partial charge >= 0.3 is 0 Å². The van der Waals surface area contributed by atoms with Crippen LogP contribution < -0.4 is 0 Å². The van der Waals surface area contributed by atoms with Gasteiger partial charge in [0.2, 0.25) is 0 Å². The molecule has 2 heteroatoms. The van der Waals surface area contributed by atoms with Crippen molar-refractivity contribution in [1.82, 2.24) is 0 Å². The van der Waals surface area contributed by atoms with Crippen LogP contribution in [0.2, 0.25) is 0 Å². The van der Waals surface area contributed by atoms with E-state index in [1.54, 1.807) is 0 Å². The Kier molecular flexibility index (Phi) is 3.79. The van der Waals surface area contributed by atoms with Crippen LogP contribution in [0.1, 0.15) is 79.1 Å². The lowest BCUT2D eigenvalue weighted by atomic mass is 9.44. The molecule has 4 saturated carbocycles. The predicted molar refractivity (Wildman–Crippen MR) is 95.5 cm³/mol. The molecule has 4 aliphatic carbocycles. The number of hydrogen-bond acceptors (Lipinski definition) is 2. The zero-order valence-electron chi connectivity index (χ0n) is 15.9. The molecule has 0 radical (unpaired) electrons. The molecule has 2 nitrogen and oxygen atoms in total. The first-order valence-electron chi connectivity index (χ1n) is 10.3. The molecule has 0 aliphatic heterocycles. The van der Waals surface area contributed by atoms with Crippen LogP contribution in [-0.4, -0.2) is 11.6 Å². The lowest BCUT2D eigenvalue weighted by molar-refractivity contribution is -0.143. The molecular formula is C22H34O2. The van der Waals surface area contributed by atoms with Crippen LogP contribution >= 0.6 is 0 Å². The number of carbonyl (C=O) groups is 2. The van der Waals surface area contributed by atoms with Gasteiger partial charge in [0.15, 0.2) is 0 Å². The third-order valence-electron chi connectivity index (χ3n) is 9.26. The number of rotatable bonds is 1. The number of ketones is 2. The van der Waals surface area contributed by atoms with E-state index in [-0.39, 0.29) is 11.3 Å². The van der Waals surface area contributed by atoms with Gasteiger partial charge in [0.1, 0.15) is 11.6 Å². The first kappa shape index (κ1) is 16.8. The molecule has 4 rings (SSSR count). The second-order valence-electron chi connectivity index (χ2n) is 10.2. The van der Waals surface area contributed by atoms with Gasteiger partial charge in [-0.15, -0.1) is 0 Å². The number of hydrogen-bond donors (Lipinski definition) is 0. The van der Waals surface area contributed by atoms with Crippen molar-refractivity contribution in [2.45, 2.75) is 79.1 Å². The van der Waals surface area contributed by atoms with Crippen molar-refractivity contribution in [3.63, 3.8) is 0 Å². The van der Waals surface area contributed by atoms with Gasteiger partial charge in [-0.2, -0.15) is 0 Å². The number of Topliss-reactive ketones (excluding diaryl/α,β-unsaturated/α-hetero) is 2. The van der Waals surface area contributed by atoms with Crippen LogP contribution in [0.5, 0.6) is 0 Å². The summed E-state index contributed by atoms with van der Waals surface area (Å²) in [6, 6.07) is 0. The topological polar surface area (TPSA) is 34.1 Å². The molecule has 4 fully saturated rings. The average Bonchev–Trinajstić information content (AvgIpc) is 2.78. The van der Waals surface area contributed by atoms with Crippen LogP contribution in [0.15, 0.2) is 0 Å². The molecule has 134 valence electrons. The lowest BCUT2D eigenvalue weighted by Crippen LogP contribution is -2.53. The smallest absolute Gasteiger partial charge is 0.133 e. The summed E-state index contributed by atoms with van der Waals surface area (Å²) in [7, 11) is 0. The van der Waals surface area contributed by atoms with E-state index in [1.807, 2.05) is 6.92 Å². The molecule has 0 amide bonds. The van der Waals surface area contributed by atoms with Gasteiger partial charge in [0.25, 0.3) is 0 Å². The molecule has 0 aromatic heterocycles. The monoisotopic (exact) mass is 330 g/mol. The predicted octanol–water partition coefficient (Wildman–Crippen LogP) is 5.05. The second-order valence-corrected chi connectivity index (χ2v) is 10.2. The maximum atomic E-state index is 12.4. The summed E-state index contributed by atoms with van der Waals surface area (Å²) < 4.78 is 0. The van der Waals surface area contributed by atoms with E-state index in [9.17, 15) is 9.59 Å². The summed E-state index contributed by atoms with van der Waals surface area (Å²) in [5.41, 5.74) is 0.621. The van der Waals surface area contributed by atoms with Crippen LogP contribution in [0.4, 0.5) is 0 Å². The second kappa shape index (κ2) is 5.42. The SMILES string of the molecule is CC(=O)C1C(C)CC2C3CCC4CC(=O)CCC4(C)C3CCC21C. The first-order valence-corrected chi connectivity index (χ1v) is 10.3. The van der Waals surface area contributed by atoms with Crippen molar-refractivity contribution in [2.24, 2.45) is 46.3 Å². The van der Waals surface area contributed by atoms with Gasteiger partial charge < -0.3 is 0 Å². The van der Waals surface area contributed by atoms with Crippen molar-refractivity contribution in [1.29, 1.82) is 0 Å². The summed E-state index contributed by atoms with van der Waals surface area (Å²) in [6.45, 7) is 9.08. The minimum atomic E-state index is 0.236. The van der Waals surface area contributed by atoms with Crippen molar-refractivity contribution in [3.8, 4) is 0 Å². The third-order valence-corrected chi connectivity index (χ3v) is 9.26. The van der Waals surface area contributed by atoms with Gasteiger partial charge in [0, 0.05) is 18.8 Å². The van der Waals surface area contributed by atoms with E-state index in [4.69, 9.17) is 0 Å². The van der Waals surface area contributed by atoms with Crippen molar-refractivity contribution >= 4 is 11.6 Å². The Balaban J connectivity index is 1.65. The average molecular weight is 331 g/mol. The quantitative estimate of drug-likeness (QED) is 0.674. The van der Waals surface area contributed by atoms with E-state index >= 15 is 0 Å². The molecule has 0 aromatic rings. The molecule has 0 N–H and O–H groups in total. The highest BCUT2D eigenvalue weighted by Crippen LogP contribution is 2.68. The number of carbonyl (C=O) groups excluding carboxylic acids is 2.